The van der Waals surface area contributed by atoms with Crippen LogP contribution in [0.1, 0.15) is 37.8 Å². The van der Waals surface area contributed by atoms with E-state index in [1.807, 2.05) is 0 Å². The molecule has 0 aliphatic rings. The lowest BCUT2D eigenvalue weighted by Crippen LogP contribution is -2.28. The number of alkyl carbamates (subject to hydrolysis) is 1. The highest BCUT2D eigenvalue weighted by Crippen LogP contribution is 2.19. The number of aliphatic carboxylic acids is 1. The van der Waals surface area contributed by atoms with E-state index in [9.17, 15) is 14.7 Å². The molecule has 0 aromatic heterocycles. The number of rotatable bonds is 8. The molecule has 0 saturated carbocycles. The van der Waals surface area contributed by atoms with Crippen LogP contribution >= 0.6 is 0 Å². The van der Waals surface area contributed by atoms with E-state index in [0.717, 1.165) is 11.1 Å². The van der Waals surface area contributed by atoms with Gasteiger partial charge in [0, 0.05) is 13.0 Å². The Morgan fingerprint density at radius 3 is 2.59 bits per heavy atom. The van der Waals surface area contributed by atoms with Crippen molar-refractivity contribution in [3.8, 4) is 5.75 Å². The fraction of sp³-hybridized carbons (Fsp3) is 0.500. The van der Waals surface area contributed by atoms with Gasteiger partial charge in [-0.3, -0.25) is 4.79 Å². The third-order valence-electron chi connectivity index (χ3n) is 3.03. The number of aromatic hydroxyl groups is 1. The maximum Gasteiger partial charge on any atom is 0.407 e. The number of benzene rings is 1. The third kappa shape index (κ3) is 6.97. The van der Waals surface area contributed by atoms with Crippen LogP contribution in [0.2, 0.25) is 0 Å². The van der Waals surface area contributed by atoms with E-state index in [2.05, 4.69) is 5.32 Å². The zero-order chi connectivity index (χ0) is 16.5. The lowest BCUT2D eigenvalue weighted by Gasteiger charge is -2.12. The van der Waals surface area contributed by atoms with Crippen LogP contribution in [0.4, 0.5) is 4.79 Å². The highest BCUT2D eigenvalue weighted by atomic mass is 16.6. The summed E-state index contributed by atoms with van der Waals surface area (Å²) in [6.07, 6.45) is 1.17. The molecule has 122 valence electrons. The van der Waals surface area contributed by atoms with E-state index in [1.165, 1.54) is 0 Å². The fourth-order valence-corrected chi connectivity index (χ4v) is 2.07. The monoisotopic (exact) mass is 309 g/mol. The van der Waals surface area contributed by atoms with Gasteiger partial charge in [-0.25, -0.2) is 4.79 Å². The lowest BCUT2D eigenvalue weighted by molar-refractivity contribution is -0.137. The lowest BCUT2D eigenvalue weighted by atomic mass is 9.99. The van der Waals surface area contributed by atoms with Gasteiger partial charge in [0.05, 0.1) is 6.10 Å². The molecule has 0 radical (unpaired) electrons. The first-order valence-corrected chi connectivity index (χ1v) is 7.35. The van der Waals surface area contributed by atoms with Crippen molar-refractivity contribution < 1.29 is 24.5 Å². The van der Waals surface area contributed by atoms with Gasteiger partial charge in [-0.15, -0.1) is 0 Å². The van der Waals surface area contributed by atoms with Gasteiger partial charge in [-0.1, -0.05) is 6.07 Å². The maximum absolute atomic E-state index is 11.4. The first-order valence-electron chi connectivity index (χ1n) is 7.35. The standard InChI is InChI=1S/C16H23NO5/c1-11(2)22-16(21)17-9-8-13-10-14(18)7-6-12(13)4-3-5-15(19)20/h6-7,10-11,18H,3-5,8-9H2,1-2H3,(H,17,21)(H,19,20). The molecule has 1 amide bonds. The van der Waals surface area contributed by atoms with Crippen molar-refractivity contribution in [3.63, 3.8) is 0 Å². The molecule has 0 atom stereocenters. The van der Waals surface area contributed by atoms with Crippen LogP contribution < -0.4 is 5.32 Å². The highest BCUT2D eigenvalue weighted by molar-refractivity contribution is 5.67. The molecule has 0 unspecified atom stereocenters. The normalized spacial score (nSPS) is 10.5. The van der Waals surface area contributed by atoms with Crippen molar-refractivity contribution in [2.24, 2.45) is 0 Å². The van der Waals surface area contributed by atoms with Crippen LogP contribution in [0.3, 0.4) is 0 Å². The maximum atomic E-state index is 11.4. The number of carboxylic acids is 1. The van der Waals surface area contributed by atoms with Gasteiger partial charge < -0.3 is 20.3 Å². The molecule has 6 heteroatoms. The van der Waals surface area contributed by atoms with E-state index >= 15 is 0 Å². The summed E-state index contributed by atoms with van der Waals surface area (Å²) in [5, 5.41) is 20.9. The predicted octanol–water partition coefficient (Wildman–Crippen LogP) is 2.48. The number of phenols is 1. The summed E-state index contributed by atoms with van der Waals surface area (Å²) >= 11 is 0. The van der Waals surface area contributed by atoms with Gasteiger partial charge in [0.25, 0.3) is 0 Å². The van der Waals surface area contributed by atoms with Crippen molar-refractivity contribution in [1.29, 1.82) is 0 Å². The van der Waals surface area contributed by atoms with E-state index in [-0.39, 0.29) is 18.3 Å². The number of ether oxygens (including phenoxy) is 1. The van der Waals surface area contributed by atoms with Gasteiger partial charge in [0.15, 0.2) is 0 Å². The number of carbonyl (C=O) groups excluding carboxylic acids is 1. The summed E-state index contributed by atoms with van der Waals surface area (Å²) in [6, 6.07) is 5.02. The first kappa shape index (κ1) is 17.8. The third-order valence-corrected chi connectivity index (χ3v) is 3.03. The summed E-state index contributed by atoms with van der Waals surface area (Å²) in [5.41, 5.74) is 1.88. The summed E-state index contributed by atoms with van der Waals surface area (Å²) in [5.74, 6) is -0.667. The van der Waals surface area contributed by atoms with Crippen molar-refractivity contribution in [1.82, 2.24) is 5.32 Å². The molecule has 0 fully saturated rings. The SMILES string of the molecule is CC(C)OC(=O)NCCc1cc(O)ccc1CCCC(=O)O. The number of hydrogen-bond acceptors (Lipinski definition) is 4. The summed E-state index contributed by atoms with van der Waals surface area (Å²) in [7, 11) is 0. The smallest absolute Gasteiger partial charge is 0.407 e. The molecule has 3 N–H and O–H groups in total. The number of nitrogens with one attached hydrogen (secondary N) is 1. The van der Waals surface area contributed by atoms with Crippen molar-refractivity contribution in [2.75, 3.05) is 6.54 Å². The summed E-state index contributed by atoms with van der Waals surface area (Å²) < 4.78 is 4.97. The first-order chi connectivity index (χ1) is 10.4. The second-order valence-electron chi connectivity index (χ2n) is 5.33. The second kappa shape index (κ2) is 8.92. The Kier molecular flexibility index (Phi) is 7.22. The van der Waals surface area contributed by atoms with Gasteiger partial charge in [-0.2, -0.15) is 0 Å². The number of carbonyl (C=O) groups is 2. The Morgan fingerprint density at radius 2 is 1.95 bits per heavy atom. The Bertz CT molecular complexity index is 513. The van der Waals surface area contributed by atoms with Crippen LogP contribution in [0.5, 0.6) is 5.75 Å². The number of aryl methyl sites for hydroxylation is 1. The van der Waals surface area contributed by atoms with E-state index in [4.69, 9.17) is 9.84 Å². The molecular formula is C16H23NO5. The van der Waals surface area contributed by atoms with Gasteiger partial charge in [-0.05, 0) is 56.4 Å². The van der Waals surface area contributed by atoms with Gasteiger partial charge in [0.1, 0.15) is 5.75 Å². The quantitative estimate of drug-likeness (QED) is 0.685. The minimum atomic E-state index is -0.821. The van der Waals surface area contributed by atoms with Crippen LogP contribution in [-0.4, -0.2) is 34.9 Å². The minimum Gasteiger partial charge on any atom is -0.508 e. The zero-order valence-corrected chi connectivity index (χ0v) is 13.0. The molecule has 22 heavy (non-hydrogen) atoms. The van der Waals surface area contributed by atoms with Crippen LogP contribution in [-0.2, 0) is 22.4 Å². The van der Waals surface area contributed by atoms with Crippen molar-refractivity contribution in [3.05, 3.63) is 29.3 Å². The molecule has 1 aromatic carbocycles. The summed E-state index contributed by atoms with van der Waals surface area (Å²) in [6.45, 7) is 3.94. The predicted molar refractivity (Wildman–Crippen MR) is 82.0 cm³/mol. The zero-order valence-electron chi connectivity index (χ0n) is 13.0. The molecular weight excluding hydrogens is 286 g/mol. The topological polar surface area (TPSA) is 95.9 Å². The average molecular weight is 309 g/mol. The van der Waals surface area contributed by atoms with Crippen LogP contribution in [0.25, 0.3) is 0 Å². The molecule has 0 spiro atoms. The number of phenolic OH excluding ortho intramolecular Hbond substituents is 1. The molecule has 0 aliphatic heterocycles. The average Bonchev–Trinajstić information content (AvgIpc) is 2.40. The van der Waals surface area contributed by atoms with Crippen LogP contribution in [0.15, 0.2) is 18.2 Å². The van der Waals surface area contributed by atoms with E-state index in [1.54, 1.807) is 32.0 Å². The Balaban J connectivity index is 2.54. The molecule has 0 heterocycles. The van der Waals surface area contributed by atoms with Gasteiger partial charge in [0.2, 0.25) is 0 Å². The summed E-state index contributed by atoms with van der Waals surface area (Å²) in [4.78, 5) is 22.0. The molecule has 1 aromatic rings. The van der Waals surface area contributed by atoms with E-state index < -0.39 is 12.1 Å². The highest BCUT2D eigenvalue weighted by Gasteiger charge is 2.08. The number of hydrogen-bond donors (Lipinski definition) is 3. The molecule has 0 saturated heterocycles. The Hall–Kier alpha value is -2.24. The molecule has 0 bridgehead atoms. The number of carboxylic acid groups (broad SMARTS) is 1. The largest absolute Gasteiger partial charge is 0.508 e. The minimum absolute atomic E-state index is 0.110. The molecule has 1 rings (SSSR count). The van der Waals surface area contributed by atoms with Crippen molar-refractivity contribution in [2.45, 2.75) is 45.6 Å². The second-order valence-corrected chi connectivity index (χ2v) is 5.33. The number of amides is 1. The van der Waals surface area contributed by atoms with Gasteiger partial charge >= 0.3 is 12.1 Å². The Labute approximate surface area is 130 Å². The van der Waals surface area contributed by atoms with E-state index in [0.29, 0.717) is 25.8 Å². The van der Waals surface area contributed by atoms with Crippen molar-refractivity contribution >= 4 is 12.1 Å². The molecule has 0 aliphatic carbocycles. The molecule has 6 nitrogen and oxygen atoms in total. The Morgan fingerprint density at radius 1 is 1.23 bits per heavy atom. The fourth-order valence-electron chi connectivity index (χ4n) is 2.07. The van der Waals surface area contributed by atoms with Crippen LogP contribution in [0, 0.1) is 0 Å².